The molecule has 7 heteroatoms. The number of amides is 1. The Balaban J connectivity index is 1.41. The Morgan fingerprint density at radius 3 is 2.50 bits per heavy atom. The summed E-state index contributed by atoms with van der Waals surface area (Å²) in [4.78, 5) is 28.7. The number of fused-ring (bicyclic) bond motifs is 1. The first-order chi connectivity index (χ1) is 15.2. The number of esters is 1. The molecule has 1 N–H and O–H groups in total. The molecule has 0 fully saturated rings. The molecule has 0 atom stereocenters. The minimum atomic E-state index is -0.403. The number of carbonyl (C=O) groups is 2. The third-order valence-electron chi connectivity index (χ3n) is 5.61. The van der Waals surface area contributed by atoms with Crippen molar-refractivity contribution in [1.29, 1.82) is 0 Å². The van der Waals surface area contributed by atoms with Gasteiger partial charge in [0.05, 0.1) is 5.69 Å². The first-order valence-corrected chi connectivity index (χ1v) is 11.1. The molecule has 7 nitrogen and oxygen atoms in total. The Morgan fingerprint density at radius 2 is 1.81 bits per heavy atom. The number of aryl methyl sites for hydroxylation is 3. The normalized spacial score (nSPS) is 11.2. The lowest BCUT2D eigenvalue weighted by Gasteiger charge is -2.11. The van der Waals surface area contributed by atoms with Crippen LogP contribution in [0.4, 0.5) is 0 Å². The number of aromatic nitrogens is 3. The number of nitrogens with one attached hydrogen (secondary N) is 1. The summed E-state index contributed by atoms with van der Waals surface area (Å²) in [6.45, 7) is 10.4. The van der Waals surface area contributed by atoms with Gasteiger partial charge in [0.2, 0.25) is 0 Å². The van der Waals surface area contributed by atoms with Crippen LogP contribution in [-0.4, -0.2) is 39.6 Å². The topological polar surface area (TPSA) is 85.6 Å². The molecule has 0 spiro atoms. The van der Waals surface area contributed by atoms with E-state index < -0.39 is 5.97 Å². The van der Waals surface area contributed by atoms with Gasteiger partial charge < -0.3 is 10.1 Å². The van der Waals surface area contributed by atoms with Gasteiger partial charge in [-0.3, -0.25) is 9.59 Å². The summed E-state index contributed by atoms with van der Waals surface area (Å²) in [6.07, 6.45) is 1.41. The van der Waals surface area contributed by atoms with Crippen LogP contribution in [0.15, 0.2) is 30.3 Å². The van der Waals surface area contributed by atoms with Crippen LogP contribution < -0.4 is 5.32 Å². The van der Waals surface area contributed by atoms with Gasteiger partial charge in [0.15, 0.2) is 12.3 Å². The minimum Gasteiger partial charge on any atom is -0.456 e. The first kappa shape index (κ1) is 23.4. The highest BCUT2D eigenvalue weighted by atomic mass is 16.5. The molecule has 32 heavy (non-hydrogen) atoms. The van der Waals surface area contributed by atoms with Gasteiger partial charge in [-0.05, 0) is 56.2 Å². The fraction of sp³-hybridized carbons (Fsp3) is 0.440. The average Bonchev–Trinajstić information content (AvgIpc) is 3.12. The van der Waals surface area contributed by atoms with Crippen LogP contribution in [0.25, 0.3) is 5.65 Å². The standard InChI is InChI=1S/C25H32N4O3/c1-16(2)21-8-6-20(7-9-21)12-13-26-24(30)15-32-25(31)11-10-22-18(4)27-23-14-17(3)28-29(23)19(22)5/h6-9,14,16H,10-13,15H2,1-5H3,(H,26,30). The van der Waals surface area contributed by atoms with Crippen LogP contribution in [0.2, 0.25) is 0 Å². The molecule has 0 aliphatic heterocycles. The summed E-state index contributed by atoms with van der Waals surface area (Å²) in [6, 6.07) is 10.3. The van der Waals surface area contributed by atoms with Crippen molar-refractivity contribution in [1.82, 2.24) is 19.9 Å². The van der Waals surface area contributed by atoms with Crippen molar-refractivity contribution in [2.24, 2.45) is 0 Å². The highest BCUT2D eigenvalue weighted by molar-refractivity contribution is 5.80. The minimum absolute atomic E-state index is 0.185. The van der Waals surface area contributed by atoms with Crippen LogP contribution in [0.1, 0.15) is 60.0 Å². The lowest BCUT2D eigenvalue weighted by atomic mass is 10.0. The molecular weight excluding hydrogens is 404 g/mol. The number of carbonyl (C=O) groups excluding carboxylic acids is 2. The zero-order valence-corrected chi connectivity index (χ0v) is 19.6. The van der Waals surface area contributed by atoms with E-state index in [9.17, 15) is 9.59 Å². The van der Waals surface area contributed by atoms with E-state index >= 15 is 0 Å². The lowest BCUT2D eigenvalue weighted by Crippen LogP contribution is -2.30. The molecule has 2 heterocycles. The van der Waals surface area contributed by atoms with Gasteiger partial charge in [-0.25, -0.2) is 9.50 Å². The van der Waals surface area contributed by atoms with Crippen LogP contribution in [-0.2, 0) is 27.2 Å². The van der Waals surface area contributed by atoms with Crippen molar-refractivity contribution in [3.8, 4) is 0 Å². The van der Waals surface area contributed by atoms with E-state index in [1.54, 1.807) is 4.52 Å². The SMILES string of the molecule is Cc1cc2nc(C)c(CCC(=O)OCC(=O)NCCc3ccc(C(C)C)cc3)c(C)n2n1. The number of hydrogen-bond acceptors (Lipinski definition) is 5. The molecule has 0 saturated carbocycles. The second kappa shape index (κ2) is 10.4. The van der Waals surface area contributed by atoms with Crippen molar-refractivity contribution in [3.05, 3.63) is 64.1 Å². The van der Waals surface area contributed by atoms with Crippen molar-refractivity contribution >= 4 is 17.5 Å². The lowest BCUT2D eigenvalue weighted by molar-refractivity contribution is -0.148. The largest absolute Gasteiger partial charge is 0.456 e. The Hall–Kier alpha value is -3.22. The molecule has 0 bridgehead atoms. The summed E-state index contributed by atoms with van der Waals surface area (Å²) < 4.78 is 6.95. The summed E-state index contributed by atoms with van der Waals surface area (Å²) in [5.41, 5.74) is 6.98. The average molecular weight is 437 g/mol. The van der Waals surface area contributed by atoms with Gasteiger partial charge in [0.1, 0.15) is 0 Å². The van der Waals surface area contributed by atoms with Crippen molar-refractivity contribution in [3.63, 3.8) is 0 Å². The molecule has 0 saturated heterocycles. The van der Waals surface area contributed by atoms with Gasteiger partial charge >= 0.3 is 5.97 Å². The van der Waals surface area contributed by atoms with E-state index in [2.05, 4.69) is 53.5 Å². The highest BCUT2D eigenvalue weighted by Gasteiger charge is 2.14. The molecule has 0 aliphatic rings. The molecule has 0 radical (unpaired) electrons. The van der Waals surface area contributed by atoms with E-state index in [0.717, 1.165) is 40.3 Å². The summed E-state index contributed by atoms with van der Waals surface area (Å²) in [7, 11) is 0. The number of ether oxygens (including phenoxy) is 1. The summed E-state index contributed by atoms with van der Waals surface area (Å²) >= 11 is 0. The highest BCUT2D eigenvalue weighted by Crippen LogP contribution is 2.17. The van der Waals surface area contributed by atoms with E-state index in [-0.39, 0.29) is 18.9 Å². The number of nitrogens with zero attached hydrogens (tertiary/aromatic N) is 3. The van der Waals surface area contributed by atoms with Gasteiger partial charge in [-0.15, -0.1) is 0 Å². The fourth-order valence-corrected chi connectivity index (χ4v) is 3.71. The smallest absolute Gasteiger partial charge is 0.306 e. The summed E-state index contributed by atoms with van der Waals surface area (Å²) in [5, 5.41) is 7.25. The van der Waals surface area contributed by atoms with Crippen LogP contribution in [0.5, 0.6) is 0 Å². The molecular formula is C25H32N4O3. The number of benzene rings is 1. The Bertz CT molecular complexity index is 1100. The van der Waals surface area contributed by atoms with E-state index in [1.807, 2.05) is 26.8 Å². The maximum atomic E-state index is 12.1. The van der Waals surface area contributed by atoms with E-state index in [0.29, 0.717) is 18.9 Å². The molecule has 2 aromatic heterocycles. The van der Waals surface area contributed by atoms with Gasteiger partial charge in [0, 0.05) is 30.4 Å². The van der Waals surface area contributed by atoms with Gasteiger partial charge in [-0.1, -0.05) is 38.1 Å². The second-order valence-electron chi connectivity index (χ2n) is 8.47. The molecule has 1 aromatic carbocycles. The van der Waals surface area contributed by atoms with Crippen LogP contribution in [0, 0.1) is 20.8 Å². The van der Waals surface area contributed by atoms with Gasteiger partial charge in [0.25, 0.3) is 5.91 Å². The zero-order chi connectivity index (χ0) is 23.3. The summed E-state index contributed by atoms with van der Waals surface area (Å²) in [5.74, 6) is -0.195. The van der Waals surface area contributed by atoms with Crippen molar-refractivity contribution in [2.75, 3.05) is 13.2 Å². The molecule has 0 aliphatic carbocycles. The molecule has 170 valence electrons. The Kier molecular flexibility index (Phi) is 7.62. The Labute approximate surface area is 189 Å². The fourth-order valence-electron chi connectivity index (χ4n) is 3.71. The van der Waals surface area contributed by atoms with Crippen LogP contribution >= 0.6 is 0 Å². The molecule has 0 unspecified atom stereocenters. The maximum Gasteiger partial charge on any atom is 0.306 e. The number of hydrogen-bond donors (Lipinski definition) is 1. The predicted octanol–water partition coefficient (Wildman–Crippen LogP) is 3.61. The monoisotopic (exact) mass is 436 g/mol. The van der Waals surface area contributed by atoms with Crippen molar-refractivity contribution < 1.29 is 14.3 Å². The first-order valence-electron chi connectivity index (χ1n) is 11.1. The molecule has 3 rings (SSSR count). The van der Waals surface area contributed by atoms with E-state index in [4.69, 9.17) is 4.74 Å². The second-order valence-corrected chi connectivity index (χ2v) is 8.47. The maximum absolute atomic E-state index is 12.1. The Morgan fingerprint density at radius 1 is 1.09 bits per heavy atom. The van der Waals surface area contributed by atoms with Crippen molar-refractivity contribution in [2.45, 2.75) is 59.8 Å². The molecule has 3 aromatic rings. The van der Waals surface area contributed by atoms with Gasteiger partial charge in [-0.2, -0.15) is 5.10 Å². The predicted molar refractivity (Wildman–Crippen MR) is 124 cm³/mol. The van der Waals surface area contributed by atoms with E-state index in [1.165, 1.54) is 5.56 Å². The quantitative estimate of drug-likeness (QED) is 0.518. The van der Waals surface area contributed by atoms with Crippen LogP contribution in [0.3, 0.4) is 0 Å². The third kappa shape index (κ3) is 5.93. The number of rotatable bonds is 9. The zero-order valence-electron chi connectivity index (χ0n) is 19.6. The molecule has 1 amide bonds. The third-order valence-corrected chi connectivity index (χ3v) is 5.61.